The van der Waals surface area contributed by atoms with Gasteiger partial charge in [0.2, 0.25) is 5.88 Å². The van der Waals surface area contributed by atoms with Gasteiger partial charge in [-0.05, 0) is 31.2 Å². The average molecular weight is 427 g/mol. The summed E-state index contributed by atoms with van der Waals surface area (Å²) in [5.41, 5.74) is 2.99. The molecule has 1 aliphatic heterocycles. The normalized spacial score (nSPS) is 16.3. The number of hydrogen-bond donors (Lipinski definition) is 0. The van der Waals surface area contributed by atoms with Gasteiger partial charge in [0.25, 0.3) is 5.56 Å². The Kier molecular flexibility index (Phi) is 4.39. The Labute approximate surface area is 183 Å². The Bertz CT molecular complexity index is 1530. The largest absolute Gasteiger partial charge is 0.471 e. The highest BCUT2D eigenvalue weighted by Gasteiger charge is 2.21. The van der Waals surface area contributed by atoms with Crippen molar-refractivity contribution in [1.82, 2.24) is 24.1 Å². The van der Waals surface area contributed by atoms with Crippen LogP contribution in [0.2, 0.25) is 0 Å². The maximum Gasteiger partial charge on any atom is 0.262 e. The molecule has 0 radical (unpaired) electrons. The van der Waals surface area contributed by atoms with Crippen molar-refractivity contribution in [3.8, 4) is 5.88 Å². The van der Waals surface area contributed by atoms with Crippen LogP contribution in [0.4, 0.5) is 0 Å². The van der Waals surface area contributed by atoms with Crippen LogP contribution in [0.25, 0.3) is 27.5 Å². The zero-order valence-corrected chi connectivity index (χ0v) is 17.6. The molecule has 1 aliphatic rings. The van der Waals surface area contributed by atoms with E-state index < -0.39 is 0 Å². The third-order valence-corrected chi connectivity index (χ3v) is 5.78. The first-order chi connectivity index (χ1) is 15.7. The lowest BCUT2D eigenvalue weighted by molar-refractivity contribution is 0.139. The summed E-state index contributed by atoms with van der Waals surface area (Å²) < 4.78 is 15.1. The average Bonchev–Trinajstić information content (AvgIpc) is 3.46. The standard InChI is InChI=1S/C24H21N5O3/c1-15-12-22-28(24(30)18-7-3-5-9-20(18)29(22)27-15)13-21-25-19-8-4-2-6-17(19)23(26-21)32-16-10-11-31-14-16/h2-9,12,16H,10-11,13-14H2,1H3. The Balaban J connectivity index is 1.52. The van der Waals surface area contributed by atoms with Crippen LogP contribution in [0, 0.1) is 6.92 Å². The van der Waals surface area contributed by atoms with Gasteiger partial charge in [-0.15, -0.1) is 0 Å². The van der Waals surface area contributed by atoms with Crippen molar-refractivity contribution in [2.24, 2.45) is 0 Å². The van der Waals surface area contributed by atoms with Crippen LogP contribution in [0.5, 0.6) is 5.88 Å². The second kappa shape index (κ2) is 7.42. The molecule has 0 aliphatic carbocycles. The summed E-state index contributed by atoms with van der Waals surface area (Å²) in [4.78, 5) is 22.8. The quantitative estimate of drug-likeness (QED) is 0.438. The summed E-state index contributed by atoms with van der Waals surface area (Å²) in [6, 6.07) is 17.2. The number of benzene rings is 2. The Morgan fingerprint density at radius 3 is 2.75 bits per heavy atom. The van der Waals surface area contributed by atoms with E-state index in [1.807, 2.05) is 61.5 Å². The molecule has 0 saturated carbocycles. The monoisotopic (exact) mass is 427 g/mol. The molecular weight excluding hydrogens is 406 g/mol. The molecule has 1 atom stereocenters. The van der Waals surface area contributed by atoms with Crippen molar-refractivity contribution in [2.75, 3.05) is 13.2 Å². The minimum absolute atomic E-state index is 0.0336. The third kappa shape index (κ3) is 3.11. The van der Waals surface area contributed by atoms with Gasteiger partial charge in [-0.25, -0.2) is 9.50 Å². The summed E-state index contributed by atoms with van der Waals surface area (Å²) >= 11 is 0. The van der Waals surface area contributed by atoms with Crippen LogP contribution in [0.15, 0.2) is 59.4 Å². The lowest BCUT2D eigenvalue weighted by Gasteiger charge is -2.15. The predicted octanol–water partition coefficient (Wildman–Crippen LogP) is 3.12. The smallest absolute Gasteiger partial charge is 0.262 e. The van der Waals surface area contributed by atoms with Crippen LogP contribution < -0.4 is 10.3 Å². The van der Waals surface area contributed by atoms with E-state index in [2.05, 4.69) is 5.10 Å². The highest BCUT2D eigenvalue weighted by molar-refractivity contribution is 5.83. The molecule has 160 valence electrons. The van der Waals surface area contributed by atoms with E-state index in [0.29, 0.717) is 36.0 Å². The lowest BCUT2D eigenvalue weighted by Crippen LogP contribution is -2.25. The summed E-state index contributed by atoms with van der Waals surface area (Å²) in [5.74, 6) is 1.03. The molecule has 3 aromatic heterocycles. The summed E-state index contributed by atoms with van der Waals surface area (Å²) in [5, 5.41) is 6.05. The molecule has 32 heavy (non-hydrogen) atoms. The second-order valence-corrected chi connectivity index (χ2v) is 8.03. The van der Waals surface area contributed by atoms with E-state index in [1.165, 1.54) is 0 Å². The van der Waals surface area contributed by atoms with Crippen LogP contribution in [0.1, 0.15) is 17.9 Å². The molecule has 0 amide bonds. The molecule has 8 heteroatoms. The van der Waals surface area contributed by atoms with Crippen molar-refractivity contribution in [3.63, 3.8) is 0 Å². The molecular formula is C24H21N5O3. The fourth-order valence-corrected chi connectivity index (χ4v) is 4.26. The number of fused-ring (bicyclic) bond motifs is 4. The molecule has 6 rings (SSSR count). The van der Waals surface area contributed by atoms with Crippen LogP contribution in [0.3, 0.4) is 0 Å². The van der Waals surface area contributed by atoms with Gasteiger partial charge in [-0.2, -0.15) is 10.1 Å². The number of rotatable bonds is 4. The van der Waals surface area contributed by atoms with Crippen molar-refractivity contribution in [3.05, 3.63) is 76.5 Å². The highest BCUT2D eigenvalue weighted by Crippen LogP contribution is 2.25. The maximum absolute atomic E-state index is 13.4. The van der Waals surface area contributed by atoms with Crippen LogP contribution in [-0.4, -0.2) is 43.5 Å². The van der Waals surface area contributed by atoms with Crippen molar-refractivity contribution in [1.29, 1.82) is 0 Å². The minimum atomic E-state index is -0.101. The molecule has 1 unspecified atom stereocenters. The van der Waals surface area contributed by atoms with Gasteiger partial charge in [-0.3, -0.25) is 9.36 Å². The minimum Gasteiger partial charge on any atom is -0.471 e. The van der Waals surface area contributed by atoms with Gasteiger partial charge >= 0.3 is 0 Å². The Morgan fingerprint density at radius 1 is 1.09 bits per heavy atom. The van der Waals surface area contributed by atoms with E-state index in [9.17, 15) is 4.79 Å². The number of aromatic nitrogens is 5. The number of para-hydroxylation sites is 2. The zero-order valence-electron chi connectivity index (χ0n) is 17.6. The molecule has 0 N–H and O–H groups in total. The fraction of sp³-hybridized carbons (Fsp3) is 0.250. The van der Waals surface area contributed by atoms with Crippen LogP contribution >= 0.6 is 0 Å². The SMILES string of the molecule is Cc1cc2n(Cc3nc(OC4CCOC4)c4ccccc4n3)c(=O)c3ccccc3n2n1. The first-order valence-corrected chi connectivity index (χ1v) is 10.7. The summed E-state index contributed by atoms with van der Waals surface area (Å²) in [6.07, 6.45) is 0.793. The maximum atomic E-state index is 13.4. The van der Waals surface area contributed by atoms with Gasteiger partial charge in [0.1, 0.15) is 11.8 Å². The zero-order chi connectivity index (χ0) is 21.7. The summed E-state index contributed by atoms with van der Waals surface area (Å²) in [6.45, 7) is 3.36. The van der Waals surface area contributed by atoms with E-state index in [0.717, 1.165) is 28.5 Å². The van der Waals surface area contributed by atoms with Crippen LogP contribution in [-0.2, 0) is 11.3 Å². The lowest BCUT2D eigenvalue weighted by atomic mass is 10.2. The van der Waals surface area contributed by atoms with E-state index >= 15 is 0 Å². The topological polar surface area (TPSA) is 83.5 Å². The van der Waals surface area contributed by atoms with Gasteiger partial charge in [0.15, 0.2) is 5.82 Å². The van der Waals surface area contributed by atoms with E-state index in [4.69, 9.17) is 19.4 Å². The second-order valence-electron chi connectivity index (χ2n) is 8.03. The molecule has 5 aromatic rings. The van der Waals surface area contributed by atoms with Crippen molar-refractivity contribution >= 4 is 27.5 Å². The molecule has 4 heterocycles. The molecule has 0 spiro atoms. The molecule has 1 saturated heterocycles. The van der Waals surface area contributed by atoms with Gasteiger partial charge in [-0.1, -0.05) is 24.3 Å². The number of aryl methyl sites for hydroxylation is 1. The third-order valence-electron chi connectivity index (χ3n) is 5.78. The van der Waals surface area contributed by atoms with Gasteiger partial charge < -0.3 is 9.47 Å². The summed E-state index contributed by atoms with van der Waals surface area (Å²) in [7, 11) is 0. The Morgan fingerprint density at radius 2 is 1.91 bits per heavy atom. The number of hydrogen-bond acceptors (Lipinski definition) is 6. The molecule has 2 aromatic carbocycles. The Hall–Kier alpha value is -3.78. The van der Waals surface area contributed by atoms with Gasteiger partial charge in [0, 0.05) is 12.5 Å². The molecule has 0 bridgehead atoms. The van der Waals surface area contributed by atoms with Gasteiger partial charge in [0.05, 0.1) is 47.3 Å². The highest BCUT2D eigenvalue weighted by atomic mass is 16.5. The number of nitrogens with zero attached hydrogens (tertiary/aromatic N) is 5. The van der Waals surface area contributed by atoms with Crippen molar-refractivity contribution in [2.45, 2.75) is 26.0 Å². The van der Waals surface area contributed by atoms with E-state index in [-0.39, 0.29) is 18.2 Å². The van der Waals surface area contributed by atoms with E-state index in [1.54, 1.807) is 9.08 Å². The molecule has 8 nitrogen and oxygen atoms in total. The molecule has 1 fully saturated rings. The fourth-order valence-electron chi connectivity index (χ4n) is 4.26. The predicted molar refractivity (Wildman–Crippen MR) is 120 cm³/mol. The van der Waals surface area contributed by atoms with Crippen molar-refractivity contribution < 1.29 is 9.47 Å². The first kappa shape index (κ1) is 18.9. The number of ether oxygens (including phenoxy) is 2. The first-order valence-electron chi connectivity index (χ1n) is 10.7.